The zero-order valence-corrected chi connectivity index (χ0v) is 16.9. The maximum absolute atomic E-state index is 12.4. The van der Waals surface area contributed by atoms with Gasteiger partial charge in [-0.3, -0.25) is 4.79 Å². The van der Waals surface area contributed by atoms with E-state index in [-0.39, 0.29) is 17.3 Å². The Kier molecular flexibility index (Phi) is 6.13. The summed E-state index contributed by atoms with van der Waals surface area (Å²) < 4.78 is 27.2. The van der Waals surface area contributed by atoms with E-state index < -0.39 is 16.1 Å². The molecule has 0 saturated carbocycles. The first-order chi connectivity index (χ1) is 13.3. The minimum absolute atomic E-state index is 0.181. The highest BCUT2D eigenvalue weighted by atomic mass is 32.2. The van der Waals surface area contributed by atoms with Gasteiger partial charge in [-0.1, -0.05) is 30.3 Å². The molecule has 0 saturated heterocycles. The molecule has 8 heteroatoms. The van der Waals surface area contributed by atoms with Gasteiger partial charge in [0.05, 0.1) is 9.77 Å². The zero-order chi connectivity index (χ0) is 20.1. The van der Waals surface area contributed by atoms with E-state index in [9.17, 15) is 13.2 Å². The quantitative estimate of drug-likeness (QED) is 0.516. The lowest BCUT2D eigenvalue weighted by atomic mass is 10.2. The number of hydrogen-bond donors (Lipinski definition) is 3. The maximum Gasteiger partial charge on any atom is 0.261 e. The Bertz CT molecular complexity index is 1050. The number of nitrogens with two attached hydrogens (primary N) is 1. The molecule has 3 rings (SSSR count). The topological polar surface area (TPSA) is 101 Å². The largest absolute Gasteiger partial charge is 0.399 e. The van der Waals surface area contributed by atoms with Crippen LogP contribution in [0.25, 0.3) is 10.4 Å². The van der Waals surface area contributed by atoms with Crippen molar-refractivity contribution in [2.45, 2.75) is 17.9 Å². The fraction of sp³-hybridized carbons (Fsp3) is 0.150. The normalized spacial score (nSPS) is 12.5. The van der Waals surface area contributed by atoms with E-state index in [0.717, 1.165) is 10.4 Å². The van der Waals surface area contributed by atoms with Crippen molar-refractivity contribution in [3.8, 4) is 10.4 Å². The third-order valence-corrected chi connectivity index (χ3v) is 6.74. The highest BCUT2D eigenvalue weighted by Gasteiger charge is 2.18. The number of nitrogens with one attached hydrogen (secondary N) is 2. The van der Waals surface area contributed by atoms with Gasteiger partial charge in [0.2, 0.25) is 10.0 Å². The molecular weight excluding hydrogens is 394 g/mol. The summed E-state index contributed by atoms with van der Waals surface area (Å²) in [6, 6.07) is 18.8. The van der Waals surface area contributed by atoms with E-state index in [1.807, 2.05) is 30.3 Å². The summed E-state index contributed by atoms with van der Waals surface area (Å²) >= 11 is 1.37. The summed E-state index contributed by atoms with van der Waals surface area (Å²) in [5.41, 5.74) is 7.37. The van der Waals surface area contributed by atoms with Crippen LogP contribution in [-0.2, 0) is 10.0 Å². The van der Waals surface area contributed by atoms with Crippen LogP contribution in [-0.4, -0.2) is 26.9 Å². The molecule has 0 unspecified atom stereocenters. The van der Waals surface area contributed by atoms with Crippen LogP contribution in [0.15, 0.2) is 71.6 Å². The van der Waals surface area contributed by atoms with Crippen LogP contribution in [0, 0.1) is 0 Å². The summed E-state index contributed by atoms with van der Waals surface area (Å²) in [5, 5.41) is 2.77. The Morgan fingerprint density at radius 1 is 1.04 bits per heavy atom. The number of amides is 1. The minimum Gasteiger partial charge on any atom is -0.399 e. The van der Waals surface area contributed by atoms with Crippen molar-refractivity contribution in [3.05, 3.63) is 71.6 Å². The van der Waals surface area contributed by atoms with Crippen molar-refractivity contribution in [2.75, 3.05) is 12.3 Å². The Morgan fingerprint density at radius 3 is 2.39 bits per heavy atom. The zero-order valence-electron chi connectivity index (χ0n) is 15.3. The van der Waals surface area contributed by atoms with E-state index >= 15 is 0 Å². The lowest BCUT2D eigenvalue weighted by Crippen LogP contribution is -2.41. The lowest BCUT2D eigenvalue weighted by molar-refractivity contribution is 0.0955. The molecule has 0 aliphatic rings. The number of carbonyl (C=O) groups is 1. The average molecular weight is 416 g/mol. The summed E-state index contributed by atoms with van der Waals surface area (Å²) in [4.78, 5) is 14.1. The van der Waals surface area contributed by atoms with Gasteiger partial charge in [-0.15, -0.1) is 11.3 Å². The van der Waals surface area contributed by atoms with E-state index in [0.29, 0.717) is 10.6 Å². The van der Waals surface area contributed by atoms with Crippen molar-refractivity contribution in [3.63, 3.8) is 0 Å². The second-order valence-electron chi connectivity index (χ2n) is 6.33. The standard InChI is InChI=1S/C20H21N3O3S2/c1-14(23-28(25,26)17-5-3-2-4-6-17)13-22-20(24)19-12-11-18(27-19)15-7-9-16(21)10-8-15/h2-12,14,23H,13,21H2,1H3,(H,22,24)/t14-/m1/s1. The molecule has 0 aliphatic heterocycles. The van der Waals surface area contributed by atoms with Crippen LogP contribution in [0.3, 0.4) is 0 Å². The van der Waals surface area contributed by atoms with Gasteiger partial charge in [0.1, 0.15) is 0 Å². The molecule has 0 fully saturated rings. The number of hydrogen-bond acceptors (Lipinski definition) is 5. The second kappa shape index (κ2) is 8.55. The number of thiophene rings is 1. The fourth-order valence-electron chi connectivity index (χ4n) is 2.57. The first-order valence-electron chi connectivity index (χ1n) is 8.66. The van der Waals surface area contributed by atoms with Gasteiger partial charge in [0, 0.05) is 23.2 Å². The number of carbonyl (C=O) groups excluding carboxylic acids is 1. The van der Waals surface area contributed by atoms with Crippen molar-refractivity contribution < 1.29 is 13.2 Å². The molecule has 3 aromatic rings. The maximum atomic E-state index is 12.4. The Morgan fingerprint density at radius 2 is 1.71 bits per heavy atom. The van der Waals surface area contributed by atoms with Crippen molar-refractivity contribution in [2.24, 2.45) is 0 Å². The number of anilines is 1. The van der Waals surface area contributed by atoms with Crippen LogP contribution in [0.1, 0.15) is 16.6 Å². The van der Waals surface area contributed by atoms with Gasteiger partial charge < -0.3 is 11.1 Å². The Labute approximate surface area is 168 Å². The van der Waals surface area contributed by atoms with Gasteiger partial charge in [0.25, 0.3) is 5.91 Å². The highest BCUT2D eigenvalue weighted by molar-refractivity contribution is 7.89. The van der Waals surface area contributed by atoms with Crippen molar-refractivity contribution in [1.82, 2.24) is 10.0 Å². The number of benzene rings is 2. The molecule has 0 bridgehead atoms. The fourth-order valence-corrected chi connectivity index (χ4v) is 4.76. The first kappa shape index (κ1) is 20.1. The van der Waals surface area contributed by atoms with Gasteiger partial charge in [-0.2, -0.15) is 0 Å². The van der Waals surface area contributed by atoms with Gasteiger partial charge >= 0.3 is 0 Å². The van der Waals surface area contributed by atoms with Crippen LogP contribution in [0.4, 0.5) is 5.69 Å². The lowest BCUT2D eigenvalue weighted by Gasteiger charge is -2.14. The Hall–Kier alpha value is -2.68. The number of sulfonamides is 1. The third kappa shape index (κ3) is 4.98. The second-order valence-corrected chi connectivity index (χ2v) is 9.13. The molecule has 1 aromatic heterocycles. The summed E-state index contributed by atoms with van der Waals surface area (Å²) in [7, 11) is -3.62. The molecule has 1 heterocycles. The van der Waals surface area contributed by atoms with E-state index in [2.05, 4.69) is 10.0 Å². The van der Waals surface area contributed by atoms with Gasteiger partial charge in [0.15, 0.2) is 0 Å². The molecule has 0 aliphatic carbocycles. The van der Waals surface area contributed by atoms with Crippen molar-refractivity contribution in [1.29, 1.82) is 0 Å². The molecule has 0 radical (unpaired) electrons. The van der Waals surface area contributed by atoms with Crippen LogP contribution < -0.4 is 15.8 Å². The molecule has 2 aromatic carbocycles. The summed E-state index contributed by atoms with van der Waals surface area (Å²) in [5.74, 6) is -0.238. The number of rotatable bonds is 7. The van der Waals surface area contributed by atoms with Crippen LogP contribution in [0.5, 0.6) is 0 Å². The molecule has 28 heavy (non-hydrogen) atoms. The van der Waals surface area contributed by atoms with Crippen LogP contribution in [0.2, 0.25) is 0 Å². The SMILES string of the molecule is C[C@H](CNC(=O)c1ccc(-c2ccc(N)cc2)s1)NS(=O)(=O)c1ccccc1. The minimum atomic E-state index is -3.62. The molecule has 1 amide bonds. The molecule has 0 spiro atoms. The number of nitrogen functional groups attached to an aromatic ring is 1. The molecule has 146 valence electrons. The van der Waals surface area contributed by atoms with E-state index in [1.165, 1.54) is 23.5 Å². The monoisotopic (exact) mass is 415 g/mol. The van der Waals surface area contributed by atoms with E-state index in [4.69, 9.17) is 5.73 Å². The van der Waals surface area contributed by atoms with Gasteiger partial charge in [-0.25, -0.2) is 13.1 Å². The predicted molar refractivity (Wildman–Crippen MR) is 113 cm³/mol. The first-order valence-corrected chi connectivity index (χ1v) is 11.0. The smallest absolute Gasteiger partial charge is 0.261 e. The molecule has 6 nitrogen and oxygen atoms in total. The van der Waals surface area contributed by atoms with Crippen molar-refractivity contribution >= 4 is 33.0 Å². The molecule has 4 N–H and O–H groups in total. The van der Waals surface area contributed by atoms with Gasteiger partial charge in [-0.05, 0) is 48.9 Å². The summed E-state index contributed by atoms with van der Waals surface area (Å²) in [6.07, 6.45) is 0. The molecular formula is C20H21N3O3S2. The van der Waals surface area contributed by atoms with E-state index in [1.54, 1.807) is 31.2 Å². The Balaban J connectivity index is 1.57. The predicted octanol–water partition coefficient (Wildman–Crippen LogP) is 3.09. The average Bonchev–Trinajstić information content (AvgIpc) is 3.17. The molecule has 1 atom stereocenters. The third-order valence-electron chi connectivity index (χ3n) is 4.00. The highest BCUT2D eigenvalue weighted by Crippen LogP contribution is 2.28. The van der Waals surface area contributed by atoms with Crippen LogP contribution >= 0.6 is 11.3 Å². The summed E-state index contributed by atoms with van der Waals surface area (Å²) in [6.45, 7) is 1.88.